The number of rotatable bonds is 6. The van der Waals surface area contributed by atoms with E-state index in [1.807, 2.05) is 32.2 Å². The first kappa shape index (κ1) is 17.1. The van der Waals surface area contributed by atoms with Gasteiger partial charge in [0.05, 0.1) is 6.54 Å². The molecule has 0 radical (unpaired) electrons. The highest BCUT2D eigenvalue weighted by Gasteiger charge is 2.12. The van der Waals surface area contributed by atoms with E-state index >= 15 is 0 Å². The Hall–Kier alpha value is -1.99. The van der Waals surface area contributed by atoms with Crippen LogP contribution < -0.4 is 4.74 Å². The second kappa shape index (κ2) is 8.33. The van der Waals surface area contributed by atoms with Crippen LogP contribution >= 0.6 is 0 Å². The summed E-state index contributed by atoms with van der Waals surface area (Å²) in [6.07, 6.45) is 5.84. The molecule has 1 rings (SSSR count). The summed E-state index contributed by atoms with van der Waals surface area (Å²) in [6.45, 7) is 5.27. The van der Waals surface area contributed by atoms with Crippen LogP contribution in [0, 0.1) is 12.3 Å². The van der Waals surface area contributed by atoms with E-state index in [4.69, 9.17) is 11.2 Å². The molecule has 0 aliphatic carbocycles. The number of carbonyl (C=O) groups is 1. The van der Waals surface area contributed by atoms with Gasteiger partial charge in [-0.05, 0) is 45.0 Å². The molecule has 0 heterocycles. The maximum absolute atomic E-state index is 11.7. The topological polar surface area (TPSA) is 32.8 Å². The third-order valence-electron chi connectivity index (χ3n) is 3.51. The average molecular weight is 288 g/mol. The minimum absolute atomic E-state index is 0.324. The molecular formula is C17H24N2O2. The van der Waals surface area contributed by atoms with Gasteiger partial charge < -0.3 is 9.64 Å². The van der Waals surface area contributed by atoms with E-state index in [0.717, 1.165) is 12.0 Å². The summed E-state index contributed by atoms with van der Waals surface area (Å²) in [7, 11) is 3.72. The van der Waals surface area contributed by atoms with Crippen molar-refractivity contribution in [3.05, 3.63) is 29.8 Å². The molecule has 114 valence electrons. The molecule has 0 bridgehead atoms. The van der Waals surface area contributed by atoms with Crippen molar-refractivity contribution in [2.75, 3.05) is 27.2 Å². The van der Waals surface area contributed by atoms with Crippen molar-refractivity contribution >= 4 is 6.09 Å². The average Bonchev–Trinajstić information content (AvgIpc) is 2.46. The number of hydrogen-bond acceptors (Lipinski definition) is 3. The number of amides is 1. The van der Waals surface area contributed by atoms with Crippen LogP contribution in [-0.4, -0.2) is 49.1 Å². The molecule has 0 aliphatic heterocycles. The number of benzene rings is 1. The molecule has 4 nitrogen and oxygen atoms in total. The lowest BCUT2D eigenvalue weighted by Gasteiger charge is -2.22. The monoisotopic (exact) mass is 288 g/mol. The zero-order valence-corrected chi connectivity index (χ0v) is 13.3. The van der Waals surface area contributed by atoms with Gasteiger partial charge in [0.15, 0.2) is 0 Å². The van der Waals surface area contributed by atoms with E-state index in [-0.39, 0.29) is 6.09 Å². The minimum atomic E-state index is -0.341. The third-order valence-corrected chi connectivity index (χ3v) is 3.51. The highest BCUT2D eigenvalue weighted by atomic mass is 16.6. The van der Waals surface area contributed by atoms with E-state index < -0.39 is 0 Å². The second-order valence-corrected chi connectivity index (χ2v) is 5.20. The molecule has 0 fully saturated rings. The Morgan fingerprint density at radius 2 is 2.14 bits per heavy atom. The Morgan fingerprint density at radius 3 is 2.76 bits per heavy atom. The second-order valence-electron chi connectivity index (χ2n) is 5.20. The van der Waals surface area contributed by atoms with E-state index in [1.54, 1.807) is 13.1 Å². The van der Waals surface area contributed by atoms with Gasteiger partial charge in [0.25, 0.3) is 0 Å². The molecular weight excluding hydrogens is 264 g/mol. The molecule has 0 aliphatic rings. The van der Waals surface area contributed by atoms with Crippen LogP contribution in [-0.2, 0) is 6.42 Å². The van der Waals surface area contributed by atoms with Gasteiger partial charge in [-0.3, -0.25) is 4.90 Å². The van der Waals surface area contributed by atoms with Gasteiger partial charge in [-0.25, -0.2) is 4.79 Å². The van der Waals surface area contributed by atoms with Crippen molar-refractivity contribution in [1.82, 2.24) is 9.80 Å². The summed E-state index contributed by atoms with van der Waals surface area (Å²) < 4.78 is 5.34. The van der Waals surface area contributed by atoms with Crippen LogP contribution in [0.5, 0.6) is 5.75 Å². The molecule has 1 unspecified atom stereocenters. The van der Waals surface area contributed by atoms with Crippen molar-refractivity contribution in [3.8, 4) is 18.1 Å². The van der Waals surface area contributed by atoms with Crippen molar-refractivity contribution in [3.63, 3.8) is 0 Å². The van der Waals surface area contributed by atoms with E-state index in [0.29, 0.717) is 24.9 Å². The van der Waals surface area contributed by atoms with E-state index in [9.17, 15) is 4.79 Å². The molecule has 0 saturated carbocycles. The van der Waals surface area contributed by atoms with Gasteiger partial charge in [0.2, 0.25) is 0 Å². The first-order chi connectivity index (χ1) is 9.97. The van der Waals surface area contributed by atoms with E-state index in [1.165, 1.54) is 4.90 Å². The number of hydrogen-bond donors (Lipinski definition) is 0. The Bertz CT molecular complexity index is 508. The van der Waals surface area contributed by atoms with Gasteiger partial charge in [-0.1, -0.05) is 18.1 Å². The normalized spacial score (nSPS) is 11.8. The lowest BCUT2D eigenvalue weighted by Crippen LogP contribution is -2.31. The highest BCUT2D eigenvalue weighted by molar-refractivity contribution is 5.70. The summed E-state index contributed by atoms with van der Waals surface area (Å²) in [5.74, 6) is 3.22. The van der Waals surface area contributed by atoms with Crippen molar-refractivity contribution in [2.45, 2.75) is 26.3 Å². The molecule has 1 amide bonds. The number of carbonyl (C=O) groups excluding carboxylic acids is 1. The summed E-state index contributed by atoms with van der Waals surface area (Å²) in [4.78, 5) is 15.4. The van der Waals surface area contributed by atoms with Gasteiger partial charge >= 0.3 is 6.09 Å². The van der Waals surface area contributed by atoms with Crippen LogP contribution in [0.25, 0.3) is 0 Å². The number of nitrogens with zero attached hydrogens (tertiary/aromatic N) is 2. The largest absolute Gasteiger partial charge is 0.414 e. The zero-order chi connectivity index (χ0) is 15.8. The molecule has 1 aromatic rings. The molecule has 0 saturated heterocycles. The Balaban J connectivity index is 2.68. The number of ether oxygens (including phenoxy) is 1. The van der Waals surface area contributed by atoms with Gasteiger partial charge in [-0.2, -0.15) is 0 Å². The maximum Gasteiger partial charge on any atom is 0.414 e. The molecule has 21 heavy (non-hydrogen) atoms. The summed E-state index contributed by atoms with van der Waals surface area (Å²) in [5.41, 5.74) is 1.12. The molecule has 0 aromatic heterocycles. The Kier molecular flexibility index (Phi) is 6.77. The fourth-order valence-corrected chi connectivity index (χ4v) is 1.84. The third kappa shape index (κ3) is 5.49. The predicted octanol–water partition coefficient (Wildman–Crippen LogP) is 2.63. The summed E-state index contributed by atoms with van der Waals surface area (Å²) in [5, 5.41) is 0. The first-order valence-corrected chi connectivity index (χ1v) is 7.13. The van der Waals surface area contributed by atoms with Crippen molar-refractivity contribution < 1.29 is 9.53 Å². The standard InChI is InChI=1S/C17H24N2O2/c1-6-11-19(5)14(3)12-15-9-8-10-16(13-15)21-17(20)18(4)7-2/h1,8-10,13-14H,7,11-12H2,2-5H3. The SMILES string of the molecule is C#CCN(C)C(C)Cc1cccc(OC(=O)N(C)CC)c1. The smallest absolute Gasteiger partial charge is 0.410 e. The van der Waals surface area contributed by atoms with Crippen LogP contribution in [0.1, 0.15) is 19.4 Å². The quantitative estimate of drug-likeness (QED) is 0.754. The van der Waals surface area contributed by atoms with Gasteiger partial charge in [-0.15, -0.1) is 6.42 Å². The number of terminal acetylenes is 1. The fraction of sp³-hybridized carbons (Fsp3) is 0.471. The first-order valence-electron chi connectivity index (χ1n) is 7.13. The molecule has 1 atom stereocenters. The van der Waals surface area contributed by atoms with Gasteiger partial charge in [0.1, 0.15) is 5.75 Å². The van der Waals surface area contributed by atoms with Crippen molar-refractivity contribution in [1.29, 1.82) is 0 Å². The Labute approximate surface area is 127 Å². The lowest BCUT2D eigenvalue weighted by molar-refractivity contribution is 0.165. The molecule has 4 heteroatoms. The van der Waals surface area contributed by atoms with Gasteiger partial charge in [0, 0.05) is 19.6 Å². The predicted molar refractivity (Wildman–Crippen MR) is 85.4 cm³/mol. The molecule has 1 aromatic carbocycles. The molecule has 0 N–H and O–H groups in total. The minimum Gasteiger partial charge on any atom is -0.410 e. The van der Waals surface area contributed by atoms with E-state index in [2.05, 4.69) is 17.7 Å². The Morgan fingerprint density at radius 1 is 1.43 bits per heavy atom. The summed E-state index contributed by atoms with van der Waals surface area (Å²) >= 11 is 0. The molecule has 0 spiro atoms. The maximum atomic E-state index is 11.7. The van der Waals surface area contributed by atoms with Crippen LogP contribution in [0.3, 0.4) is 0 Å². The van der Waals surface area contributed by atoms with Crippen LogP contribution in [0.4, 0.5) is 4.79 Å². The van der Waals surface area contributed by atoms with Crippen molar-refractivity contribution in [2.24, 2.45) is 0 Å². The highest BCUT2D eigenvalue weighted by Crippen LogP contribution is 2.16. The number of likely N-dealkylation sites (N-methyl/N-ethyl adjacent to an activating group) is 1. The fourth-order valence-electron chi connectivity index (χ4n) is 1.84. The summed E-state index contributed by atoms with van der Waals surface area (Å²) in [6, 6.07) is 7.95. The lowest BCUT2D eigenvalue weighted by atomic mass is 10.1. The van der Waals surface area contributed by atoms with Crippen LogP contribution in [0.15, 0.2) is 24.3 Å². The zero-order valence-electron chi connectivity index (χ0n) is 13.3. The van der Waals surface area contributed by atoms with Crippen LogP contribution in [0.2, 0.25) is 0 Å².